The van der Waals surface area contributed by atoms with E-state index in [0.717, 1.165) is 11.0 Å². The Morgan fingerprint density at radius 1 is 1.30 bits per heavy atom. The van der Waals surface area contributed by atoms with Gasteiger partial charge in [-0.2, -0.15) is 0 Å². The molecule has 10 heteroatoms. The predicted molar refractivity (Wildman–Crippen MR) is 105 cm³/mol. The van der Waals surface area contributed by atoms with E-state index >= 15 is 0 Å². The smallest absolute Gasteiger partial charge is 0.312 e. The van der Waals surface area contributed by atoms with Crippen LogP contribution in [0.2, 0.25) is 0 Å². The molecule has 2 N–H and O–H groups in total. The lowest BCUT2D eigenvalue weighted by Crippen LogP contribution is -2.24. The Morgan fingerprint density at radius 3 is 2.85 bits per heavy atom. The van der Waals surface area contributed by atoms with Crippen molar-refractivity contribution in [1.82, 2.24) is 20.2 Å². The first-order valence-electron chi connectivity index (χ1n) is 8.49. The van der Waals surface area contributed by atoms with Crippen LogP contribution < -0.4 is 5.32 Å². The van der Waals surface area contributed by atoms with Crippen LogP contribution in [0.25, 0.3) is 11.0 Å². The van der Waals surface area contributed by atoms with Crippen molar-refractivity contribution in [3.63, 3.8) is 0 Å². The number of hydrogen-bond donors (Lipinski definition) is 2. The zero-order valence-electron chi connectivity index (χ0n) is 14.9. The number of ether oxygens (including phenoxy) is 1. The summed E-state index contributed by atoms with van der Waals surface area (Å²) in [6.07, 6.45) is 0.675. The molecule has 0 aliphatic carbocycles. The lowest BCUT2D eigenvalue weighted by Gasteiger charge is -2.11. The maximum Gasteiger partial charge on any atom is 0.312 e. The SMILES string of the molecule is CCOC(=O)Cc1nnc(NC(=O)[C@H](CC)Sc2nc3ccccc3[nH]2)s1. The molecule has 0 radical (unpaired) electrons. The number of hydrogen-bond acceptors (Lipinski definition) is 8. The van der Waals surface area contributed by atoms with Crippen LogP contribution in [0, 0.1) is 0 Å². The molecule has 1 atom stereocenters. The molecule has 8 nitrogen and oxygen atoms in total. The van der Waals surface area contributed by atoms with E-state index in [0.29, 0.717) is 28.3 Å². The third-order valence-corrected chi connectivity index (χ3v) is 5.67. The number of carbonyl (C=O) groups excluding carboxylic acids is 2. The number of rotatable bonds is 8. The van der Waals surface area contributed by atoms with Crippen LogP contribution in [0.1, 0.15) is 25.3 Å². The minimum Gasteiger partial charge on any atom is -0.466 e. The fourth-order valence-corrected chi connectivity index (χ4v) is 3.99. The quantitative estimate of drug-likeness (QED) is 0.438. The Balaban J connectivity index is 1.61. The second-order valence-electron chi connectivity index (χ2n) is 5.55. The molecule has 3 rings (SSSR count). The number of para-hydroxylation sites is 2. The molecule has 2 aromatic heterocycles. The normalized spacial score (nSPS) is 12.1. The zero-order chi connectivity index (χ0) is 19.2. The molecule has 0 spiro atoms. The van der Waals surface area contributed by atoms with Crippen molar-refractivity contribution < 1.29 is 14.3 Å². The summed E-state index contributed by atoms with van der Waals surface area (Å²) >= 11 is 2.54. The molecule has 2 heterocycles. The van der Waals surface area contributed by atoms with E-state index in [4.69, 9.17) is 4.74 Å². The van der Waals surface area contributed by atoms with Gasteiger partial charge in [-0.3, -0.25) is 14.9 Å². The van der Waals surface area contributed by atoms with Crippen LogP contribution in [-0.2, 0) is 20.7 Å². The summed E-state index contributed by atoms with van der Waals surface area (Å²) in [7, 11) is 0. The van der Waals surface area contributed by atoms with E-state index in [9.17, 15) is 9.59 Å². The zero-order valence-corrected chi connectivity index (χ0v) is 16.5. The number of carbonyl (C=O) groups is 2. The minimum absolute atomic E-state index is 0.0479. The molecule has 0 saturated heterocycles. The van der Waals surface area contributed by atoms with Gasteiger partial charge in [0.05, 0.1) is 29.3 Å². The number of aromatic amines is 1. The number of imidazole rings is 1. The molecule has 1 amide bonds. The highest BCUT2D eigenvalue weighted by molar-refractivity contribution is 8.00. The molecule has 0 aliphatic heterocycles. The molecule has 0 unspecified atom stereocenters. The van der Waals surface area contributed by atoms with E-state index in [1.54, 1.807) is 6.92 Å². The molecular weight excluding hydrogens is 386 g/mol. The first-order valence-corrected chi connectivity index (χ1v) is 10.2. The highest BCUT2D eigenvalue weighted by Gasteiger charge is 2.21. The Morgan fingerprint density at radius 2 is 2.11 bits per heavy atom. The number of H-pyrrole nitrogens is 1. The lowest BCUT2D eigenvalue weighted by atomic mass is 10.3. The second kappa shape index (κ2) is 8.96. The third kappa shape index (κ3) is 5.04. The van der Waals surface area contributed by atoms with Gasteiger partial charge in [-0.25, -0.2) is 4.98 Å². The Hall–Kier alpha value is -2.46. The summed E-state index contributed by atoms with van der Waals surface area (Å²) < 4.78 is 4.88. The lowest BCUT2D eigenvalue weighted by molar-refractivity contribution is -0.142. The maximum absolute atomic E-state index is 12.6. The highest BCUT2D eigenvalue weighted by atomic mass is 32.2. The largest absolute Gasteiger partial charge is 0.466 e. The van der Waals surface area contributed by atoms with E-state index in [2.05, 4.69) is 25.5 Å². The summed E-state index contributed by atoms with van der Waals surface area (Å²) in [5.74, 6) is -0.541. The van der Waals surface area contributed by atoms with Crippen LogP contribution >= 0.6 is 23.1 Å². The highest BCUT2D eigenvalue weighted by Crippen LogP contribution is 2.27. The van der Waals surface area contributed by atoms with Crippen molar-refractivity contribution in [2.24, 2.45) is 0 Å². The number of amides is 1. The van der Waals surface area contributed by atoms with Gasteiger partial charge in [0.1, 0.15) is 5.01 Å². The fourth-order valence-electron chi connectivity index (χ4n) is 2.34. The molecule has 0 aliphatic rings. The number of thioether (sulfide) groups is 1. The molecule has 0 saturated carbocycles. The summed E-state index contributed by atoms with van der Waals surface area (Å²) in [4.78, 5) is 31.8. The van der Waals surface area contributed by atoms with Crippen molar-refractivity contribution >= 4 is 51.1 Å². The average Bonchev–Trinajstić information content (AvgIpc) is 3.25. The monoisotopic (exact) mass is 405 g/mol. The van der Waals surface area contributed by atoms with Crippen molar-refractivity contribution in [3.05, 3.63) is 29.3 Å². The van der Waals surface area contributed by atoms with Gasteiger partial charge in [-0.1, -0.05) is 42.2 Å². The Labute approximate surface area is 164 Å². The van der Waals surface area contributed by atoms with Gasteiger partial charge >= 0.3 is 5.97 Å². The number of fused-ring (bicyclic) bond motifs is 1. The van der Waals surface area contributed by atoms with Crippen LogP contribution in [0.15, 0.2) is 29.4 Å². The molecule has 1 aromatic carbocycles. The van der Waals surface area contributed by atoms with Crippen LogP contribution in [-0.4, -0.2) is 43.9 Å². The first-order chi connectivity index (χ1) is 13.1. The number of nitrogens with zero attached hydrogens (tertiary/aromatic N) is 3. The molecule has 0 bridgehead atoms. The maximum atomic E-state index is 12.6. The van der Waals surface area contributed by atoms with Gasteiger partial charge < -0.3 is 9.72 Å². The Bertz CT molecular complexity index is 906. The fraction of sp³-hybridized carbons (Fsp3) is 0.353. The molecule has 3 aromatic rings. The van der Waals surface area contributed by atoms with E-state index < -0.39 is 0 Å². The van der Waals surface area contributed by atoms with Gasteiger partial charge in [-0.15, -0.1) is 10.2 Å². The predicted octanol–water partition coefficient (Wildman–Crippen LogP) is 3.03. The Kier molecular flexibility index (Phi) is 6.40. The van der Waals surface area contributed by atoms with Gasteiger partial charge in [-0.05, 0) is 25.5 Å². The molecular formula is C17H19N5O3S2. The topological polar surface area (TPSA) is 110 Å². The number of anilines is 1. The van der Waals surface area contributed by atoms with Crippen molar-refractivity contribution in [1.29, 1.82) is 0 Å². The van der Waals surface area contributed by atoms with Crippen LogP contribution in [0.3, 0.4) is 0 Å². The average molecular weight is 406 g/mol. The molecule has 142 valence electrons. The number of aromatic nitrogens is 4. The minimum atomic E-state index is -0.363. The van der Waals surface area contributed by atoms with Crippen molar-refractivity contribution in [3.8, 4) is 0 Å². The van der Waals surface area contributed by atoms with Crippen molar-refractivity contribution in [2.75, 3.05) is 11.9 Å². The summed E-state index contributed by atoms with van der Waals surface area (Å²) in [5, 5.41) is 11.8. The van der Waals surface area contributed by atoms with Crippen LogP contribution in [0.4, 0.5) is 5.13 Å². The van der Waals surface area contributed by atoms with E-state index in [1.807, 2.05) is 31.2 Å². The van der Waals surface area contributed by atoms with E-state index in [1.165, 1.54) is 23.1 Å². The van der Waals surface area contributed by atoms with Crippen LogP contribution in [0.5, 0.6) is 0 Å². The summed E-state index contributed by atoms with van der Waals surface area (Å²) in [6.45, 7) is 4.00. The molecule has 0 fully saturated rings. The number of benzene rings is 1. The van der Waals surface area contributed by atoms with Crippen molar-refractivity contribution in [2.45, 2.75) is 37.1 Å². The second-order valence-corrected chi connectivity index (χ2v) is 7.80. The van der Waals surface area contributed by atoms with Gasteiger partial charge in [0.15, 0.2) is 5.16 Å². The number of esters is 1. The third-order valence-electron chi connectivity index (χ3n) is 3.58. The van der Waals surface area contributed by atoms with Gasteiger partial charge in [0.2, 0.25) is 11.0 Å². The van der Waals surface area contributed by atoms with Gasteiger partial charge in [0.25, 0.3) is 0 Å². The number of nitrogens with one attached hydrogen (secondary N) is 2. The van der Waals surface area contributed by atoms with E-state index in [-0.39, 0.29) is 23.5 Å². The standard InChI is InChI=1S/C17H19N5O3S2/c1-3-12(26-16-18-10-7-5-6-8-11(10)19-16)15(24)20-17-22-21-13(27-17)9-14(23)25-4-2/h5-8,12H,3-4,9H2,1-2H3,(H,18,19)(H,20,22,24)/t12-/m0/s1. The van der Waals surface area contributed by atoms with Gasteiger partial charge in [0, 0.05) is 0 Å². The first kappa shape index (κ1) is 19.3. The molecule has 27 heavy (non-hydrogen) atoms. The summed E-state index contributed by atoms with van der Waals surface area (Å²) in [6, 6.07) is 7.72. The summed E-state index contributed by atoms with van der Waals surface area (Å²) in [5.41, 5.74) is 1.80.